The summed E-state index contributed by atoms with van der Waals surface area (Å²) in [6.45, 7) is 9.81. The number of hydrogen-bond donors (Lipinski definition) is 1. The molecule has 2 N–H and O–H groups in total. The smallest absolute Gasteiger partial charge is 0.0646 e. The van der Waals surface area contributed by atoms with E-state index in [0.29, 0.717) is 18.0 Å². The number of nitrogens with two attached hydrogens (primary N) is 1. The zero-order chi connectivity index (χ0) is 28.9. The molecule has 230 valence electrons. The number of hydrogen-bond acceptors (Lipinski definition) is 9. The number of piperidine rings is 1. The summed E-state index contributed by atoms with van der Waals surface area (Å²) in [5.41, 5.74) is 10.7. The lowest BCUT2D eigenvalue weighted by atomic mass is 9.86. The largest absolute Gasteiger partial charge is 0.324 e. The third kappa shape index (κ3) is 7.53. The first-order chi connectivity index (χ1) is 20.6. The molecule has 4 unspecified atom stereocenters. The maximum atomic E-state index is 6.04. The first-order valence-corrected chi connectivity index (χ1v) is 20.6. The SMILES string of the molecule is CC1CCc2sccc2C1N.CN1CCN(C2CCSc3sccc32)CC1.c1cc2c(s1)SCCC2N1CCCCC1. The Kier molecular flexibility index (Phi) is 11.5. The summed E-state index contributed by atoms with van der Waals surface area (Å²) in [4.78, 5) is 9.35. The van der Waals surface area contributed by atoms with Gasteiger partial charge in [0.25, 0.3) is 0 Å². The van der Waals surface area contributed by atoms with E-state index in [1.54, 1.807) is 19.5 Å². The van der Waals surface area contributed by atoms with Gasteiger partial charge in [-0.2, -0.15) is 0 Å². The zero-order valence-corrected chi connectivity index (χ0v) is 29.4. The van der Waals surface area contributed by atoms with Crippen molar-refractivity contribution >= 4 is 57.5 Å². The third-order valence-corrected chi connectivity index (χ3v) is 15.3. The predicted octanol–water partition coefficient (Wildman–Crippen LogP) is 8.63. The molecule has 0 spiro atoms. The van der Waals surface area contributed by atoms with Crippen LogP contribution in [-0.2, 0) is 6.42 Å². The molecule has 3 aromatic heterocycles. The standard InChI is InChI=1S/C12H18N2S2.C12H17NS2.C9H13NS/c1-13-4-6-14(7-5-13)11-3-9-16-12-10(11)2-8-15-12;1-2-6-13(7-3-1)11-5-9-15-12-10(11)4-8-14-12;1-6-2-3-8-7(9(6)10)4-5-11-8/h2,8,11H,3-7,9H2,1H3;4,8,11H,1-3,5-7,9H2;4-6,9H,2-3,10H2,1H3. The molecule has 4 atom stereocenters. The van der Waals surface area contributed by atoms with Gasteiger partial charge in [0.15, 0.2) is 0 Å². The Morgan fingerprint density at radius 3 is 1.83 bits per heavy atom. The van der Waals surface area contributed by atoms with Crippen LogP contribution in [0, 0.1) is 5.92 Å². The van der Waals surface area contributed by atoms with Gasteiger partial charge in [0.05, 0.1) is 8.42 Å². The maximum absolute atomic E-state index is 6.04. The number of thioether (sulfide) groups is 2. The number of fused-ring (bicyclic) bond motifs is 3. The quantitative estimate of drug-likeness (QED) is 0.297. The van der Waals surface area contributed by atoms with Gasteiger partial charge < -0.3 is 10.6 Å². The van der Waals surface area contributed by atoms with E-state index in [9.17, 15) is 0 Å². The van der Waals surface area contributed by atoms with Gasteiger partial charge in [0.2, 0.25) is 0 Å². The number of thiophene rings is 3. The van der Waals surface area contributed by atoms with Crippen molar-refractivity contribution in [2.45, 2.75) is 78.4 Å². The van der Waals surface area contributed by atoms with Crippen molar-refractivity contribution in [3.63, 3.8) is 0 Å². The molecule has 5 aliphatic rings. The fraction of sp³-hybridized carbons (Fsp3) is 0.636. The van der Waals surface area contributed by atoms with Gasteiger partial charge in [-0.25, -0.2) is 0 Å². The minimum atomic E-state index is 0.296. The normalized spacial score (nSPS) is 28.4. The topological polar surface area (TPSA) is 35.7 Å². The van der Waals surface area contributed by atoms with Crippen LogP contribution in [0.4, 0.5) is 0 Å². The van der Waals surface area contributed by atoms with Crippen molar-refractivity contribution in [2.24, 2.45) is 11.7 Å². The monoisotopic (exact) mass is 660 g/mol. The molecule has 7 heterocycles. The summed E-state index contributed by atoms with van der Waals surface area (Å²) in [6.07, 6.45) is 9.43. The molecule has 0 radical (unpaired) electrons. The average molecular weight is 661 g/mol. The Morgan fingerprint density at radius 1 is 0.667 bits per heavy atom. The molecular formula is C33H48N4S5. The molecule has 2 saturated heterocycles. The molecule has 3 aromatic rings. The van der Waals surface area contributed by atoms with Crippen LogP contribution < -0.4 is 5.73 Å². The summed E-state index contributed by atoms with van der Waals surface area (Å²) in [5.74, 6) is 3.27. The Hall–Kier alpha value is -0.360. The Labute approximate surface area is 274 Å². The molecule has 0 bridgehead atoms. The molecule has 2 fully saturated rings. The Morgan fingerprint density at radius 2 is 1.21 bits per heavy atom. The lowest BCUT2D eigenvalue weighted by molar-refractivity contribution is 0.108. The first kappa shape index (κ1) is 31.6. The predicted molar refractivity (Wildman–Crippen MR) is 188 cm³/mol. The van der Waals surface area contributed by atoms with Crippen molar-refractivity contribution in [3.8, 4) is 0 Å². The van der Waals surface area contributed by atoms with Crippen LogP contribution in [0.15, 0.2) is 42.8 Å². The van der Waals surface area contributed by atoms with E-state index >= 15 is 0 Å². The third-order valence-electron chi connectivity index (χ3n) is 9.67. The number of aryl methyl sites for hydroxylation is 1. The Bertz CT molecular complexity index is 1240. The van der Waals surface area contributed by atoms with Crippen LogP contribution in [0.3, 0.4) is 0 Å². The second-order valence-electron chi connectivity index (χ2n) is 12.4. The summed E-state index contributed by atoms with van der Waals surface area (Å²) < 4.78 is 3.15. The van der Waals surface area contributed by atoms with Gasteiger partial charge in [-0.15, -0.1) is 57.5 Å². The van der Waals surface area contributed by atoms with Crippen LogP contribution in [0.1, 0.15) is 85.1 Å². The highest BCUT2D eigenvalue weighted by Crippen LogP contribution is 2.44. The van der Waals surface area contributed by atoms with Crippen LogP contribution in [0.2, 0.25) is 0 Å². The van der Waals surface area contributed by atoms with E-state index < -0.39 is 0 Å². The van der Waals surface area contributed by atoms with E-state index in [-0.39, 0.29) is 0 Å². The fourth-order valence-electron chi connectivity index (χ4n) is 6.99. The molecule has 0 aromatic carbocycles. The van der Waals surface area contributed by atoms with E-state index in [4.69, 9.17) is 5.73 Å². The molecular weight excluding hydrogens is 613 g/mol. The van der Waals surface area contributed by atoms with Crippen molar-refractivity contribution < 1.29 is 0 Å². The van der Waals surface area contributed by atoms with Gasteiger partial charge in [0, 0.05) is 60.7 Å². The van der Waals surface area contributed by atoms with Gasteiger partial charge in [-0.3, -0.25) is 9.80 Å². The number of rotatable bonds is 2. The maximum Gasteiger partial charge on any atom is 0.0646 e. The number of nitrogens with zero attached hydrogens (tertiary/aromatic N) is 3. The second kappa shape index (κ2) is 15.3. The van der Waals surface area contributed by atoms with E-state index in [1.165, 1.54) is 106 Å². The number of likely N-dealkylation sites (N-methyl/N-ethyl adjacent to an activating group) is 1. The van der Waals surface area contributed by atoms with Crippen LogP contribution >= 0.6 is 57.5 Å². The molecule has 4 nitrogen and oxygen atoms in total. The van der Waals surface area contributed by atoms with Crippen molar-refractivity contribution in [1.82, 2.24) is 14.7 Å². The van der Waals surface area contributed by atoms with Gasteiger partial charge in [-0.05, 0) is 116 Å². The van der Waals surface area contributed by atoms with E-state index in [1.807, 2.05) is 45.8 Å². The van der Waals surface area contributed by atoms with E-state index in [2.05, 4.69) is 74.8 Å². The van der Waals surface area contributed by atoms with Gasteiger partial charge in [-0.1, -0.05) is 13.3 Å². The zero-order valence-electron chi connectivity index (χ0n) is 25.3. The number of likely N-dealkylation sites (tertiary alicyclic amines) is 1. The molecule has 0 amide bonds. The minimum absolute atomic E-state index is 0.296. The summed E-state index contributed by atoms with van der Waals surface area (Å²) >= 11 is 9.80. The summed E-state index contributed by atoms with van der Waals surface area (Å²) in [5, 5.41) is 6.68. The molecule has 0 saturated carbocycles. The summed E-state index contributed by atoms with van der Waals surface area (Å²) in [6, 6.07) is 8.62. The first-order valence-electron chi connectivity index (χ1n) is 16.0. The highest BCUT2D eigenvalue weighted by molar-refractivity contribution is 8.01. The molecule has 8 rings (SSSR count). The molecule has 9 heteroatoms. The minimum Gasteiger partial charge on any atom is -0.324 e. The molecule has 4 aliphatic heterocycles. The number of piperazine rings is 1. The van der Waals surface area contributed by atoms with E-state index in [0.717, 1.165) is 6.04 Å². The lowest BCUT2D eigenvalue weighted by Crippen LogP contribution is -2.46. The Balaban J connectivity index is 0.000000115. The lowest BCUT2D eigenvalue weighted by Gasteiger charge is -2.39. The highest BCUT2D eigenvalue weighted by atomic mass is 32.2. The highest BCUT2D eigenvalue weighted by Gasteiger charge is 2.30. The second-order valence-corrected chi connectivity index (χ2v) is 18.0. The average Bonchev–Trinajstić information content (AvgIpc) is 3.81. The van der Waals surface area contributed by atoms with Gasteiger partial charge >= 0.3 is 0 Å². The summed E-state index contributed by atoms with van der Waals surface area (Å²) in [7, 11) is 2.23. The van der Waals surface area contributed by atoms with Crippen molar-refractivity contribution in [2.75, 3.05) is 57.8 Å². The van der Waals surface area contributed by atoms with Gasteiger partial charge in [0.1, 0.15) is 0 Å². The van der Waals surface area contributed by atoms with Crippen LogP contribution in [0.5, 0.6) is 0 Å². The molecule has 1 aliphatic carbocycles. The molecule has 42 heavy (non-hydrogen) atoms. The van der Waals surface area contributed by atoms with Crippen LogP contribution in [-0.4, -0.2) is 72.5 Å². The fourth-order valence-corrected chi connectivity index (χ4v) is 12.5. The van der Waals surface area contributed by atoms with Crippen molar-refractivity contribution in [3.05, 3.63) is 55.9 Å². The van der Waals surface area contributed by atoms with Crippen molar-refractivity contribution in [1.29, 1.82) is 0 Å². The van der Waals surface area contributed by atoms with Crippen LogP contribution in [0.25, 0.3) is 0 Å².